The molecule has 2 aliphatic rings. The van der Waals surface area contributed by atoms with Gasteiger partial charge >= 0.3 is 0 Å². The Morgan fingerprint density at radius 1 is 1.22 bits per heavy atom. The Morgan fingerprint density at radius 3 is 2.72 bits per heavy atom. The van der Waals surface area contributed by atoms with E-state index in [0.29, 0.717) is 6.54 Å². The molecular weight excluding hydrogens is 230 g/mol. The van der Waals surface area contributed by atoms with Crippen LogP contribution in [0.3, 0.4) is 0 Å². The van der Waals surface area contributed by atoms with Gasteiger partial charge in [0.05, 0.1) is 6.42 Å². The SMILES string of the molecule is NC1Cc2ccccc2N(C2CC(=O)NC2=O)C1. The quantitative estimate of drug-likeness (QED) is 0.671. The van der Waals surface area contributed by atoms with Crippen molar-refractivity contribution in [2.24, 2.45) is 5.73 Å². The number of carbonyl (C=O) groups excluding carboxylic acids is 2. The van der Waals surface area contributed by atoms with E-state index < -0.39 is 6.04 Å². The second-order valence-corrected chi connectivity index (χ2v) is 4.88. The van der Waals surface area contributed by atoms with Gasteiger partial charge in [-0.2, -0.15) is 0 Å². The largest absolute Gasteiger partial charge is 0.357 e. The molecule has 1 fully saturated rings. The summed E-state index contributed by atoms with van der Waals surface area (Å²) < 4.78 is 0. The zero-order valence-corrected chi connectivity index (χ0v) is 9.93. The van der Waals surface area contributed by atoms with Crippen LogP contribution in [0.25, 0.3) is 0 Å². The summed E-state index contributed by atoms with van der Waals surface area (Å²) >= 11 is 0. The molecule has 3 N–H and O–H groups in total. The van der Waals surface area contributed by atoms with Crippen LogP contribution in [0, 0.1) is 0 Å². The summed E-state index contributed by atoms with van der Waals surface area (Å²) in [4.78, 5) is 25.1. The molecule has 0 radical (unpaired) electrons. The maximum atomic E-state index is 11.8. The van der Waals surface area contributed by atoms with Crippen molar-refractivity contribution in [3.63, 3.8) is 0 Å². The second kappa shape index (κ2) is 4.10. The highest BCUT2D eigenvalue weighted by molar-refractivity contribution is 6.07. The van der Waals surface area contributed by atoms with Crippen LogP contribution in [0.5, 0.6) is 0 Å². The van der Waals surface area contributed by atoms with E-state index in [1.807, 2.05) is 29.2 Å². The van der Waals surface area contributed by atoms with Gasteiger partial charge in [-0.1, -0.05) is 18.2 Å². The average molecular weight is 245 g/mol. The number of nitrogens with two attached hydrogens (primary N) is 1. The van der Waals surface area contributed by atoms with Crippen molar-refractivity contribution in [1.82, 2.24) is 5.32 Å². The lowest BCUT2D eigenvalue weighted by Gasteiger charge is -2.37. The maximum absolute atomic E-state index is 11.8. The summed E-state index contributed by atoms with van der Waals surface area (Å²) in [5, 5.41) is 2.35. The van der Waals surface area contributed by atoms with Crippen LogP contribution in [0.4, 0.5) is 5.69 Å². The highest BCUT2D eigenvalue weighted by Gasteiger charge is 2.38. The summed E-state index contributed by atoms with van der Waals surface area (Å²) in [5.74, 6) is -0.425. The fourth-order valence-corrected chi connectivity index (χ4v) is 2.75. The number of fused-ring (bicyclic) bond motifs is 1. The standard InChI is InChI=1S/C13H15N3O2/c14-9-5-8-3-1-2-4-10(8)16(7-9)11-6-12(17)15-13(11)18/h1-4,9,11H,5-7,14H2,(H,15,17,18). The molecule has 1 aromatic carbocycles. The molecule has 0 aromatic heterocycles. The zero-order valence-electron chi connectivity index (χ0n) is 9.93. The molecule has 2 unspecified atom stereocenters. The molecule has 1 aromatic rings. The first-order valence-electron chi connectivity index (χ1n) is 6.09. The molecule has 94 valence electrons. The van der Waals surface area contributed by atoms with E-state index in [0.717, 1.165) is 17.7 Å². The van der Waals surface area contributed by atoms with Gasteiger partial charge in [0.25, 0.3) is 0 Å². The fourth-order valence-electron chi connectivity index (χ4n) is 2.75. The predicted molar refractivity (Wildman–Crippen MR) is 67.0 cm³/mol. The number of nitrogens with zero attached hydrogens (tertiary/aromatic N) is 1. The van der Waals surface area contributed by atoms with Gasteiger partial charge in [0.2, 0.25) is 11.8 Å². The minimum atomic E-state index is -0.412. The number of para-hydroxylation sites is 1. The van der Waals surface area contributed by atoms with Crippen LogP contribution in [0.15, 0.2) is 24.3 Å². The summed E-state index contributed by atoms with van der Waals surface area (Å²) in [6.07, 6.45) is 1.04. The average Bonchev–Trinajstić information content (AvgIpc) is 2.67. The first-order valence-corrected chi connectivity index (χ1v) is 6.09. The van der Waals surface area contributed by atoms with E-state index >= 15 is 0 Å². The minimum Gasteiger partial charge on any atom is -0.357 e. The lowest BCUT2D eigenvalue weighted by molar-refractivity contribution is -0.125. The van der Waals surface area contributed by atoms with Crippen LogP contribution < -0.4 is 16.0 Å². The first-order chi connectivity index (χ1) is 8.65. The number of benzene rings is 1. The molecule has 2 amide bonds. The number of carbonyl (C=O) groups is 2. The molecule has 5 heteroatoms. The highest BCUT2D eigenvalue weighted by atomic mass is 16.2. The Bertz CT molecular complexity index is 515. The van der Waals surface area contributed by atoms with E-state index in [2.05, 4.69) is 5.32 Å². The van der Waals surface area contributed by atoms with E-state index in [4.69, 9.17) is 5.73 Å². The number of rotatable bonds is 1. The van der Waals surface area contributed by atoms with Crippen molar-refractivity contribution >= 4 is 17.5 Å². The van der Waals surface area contributed by atoms with E-state index in [1.54, 1.807) is 0 Å². The van der Waals surface area contributed by atoms with Gasteiger partial charge in [-0.15, -0.1) is 0 Å². The molecule has 0 saturated carbocycles. The van der Waals surface area contributed by atoms with Crippen molar-refractivity contribution in [3.05, 3.63) is 29.8 Å². The molecule has 0 spiro atoms. The van der Waals surface area contributed by atoms with Crippen molar-refractivity contribution < 1.29 is 9.59 Å². The third kappa shape index (κ3) is 1.76. The van der Waals surface area contributed by atoms with Crippen molar-refractivity contribution in [1.29, 1.82) is 0 Å². The summed E-state index contributed by atoms with van der Waals surface area (Å²) in [6, 6.07) is 7.51. The van der Waals surface area contributed by atoms with E-state index in [1.165, 1.54) is 0 Å². The van der Waals surface area contributed by atoms with Crippen molar-refractivity contribution in [2.45, 2.75) is 24.9 Å². The number of nitrogens with one attached hydrogen (secondary N) is 1. The Hall–Kier alpha value is -1.88. The smallest absolute Gasteiger partial charge is 0.249 e. The molecule has 3 rings (SSSR count). The predicted octanol–water partition coefficient (Wildman–Crippen LogP) is -0.208. The number of imide groups is 1. The monoisotopic (exact) mass is 245 g/mol. The Balaban J connectivity index is 1.97. The van der Waals surface area contributed by atoms with Crippen LogP contribution in [-0.4, -0.2) is 30.4 Å². The first kappa shape index (κ1) is 11.2. The van der Waals surface area contributed by atoms with Gasteiger partial charge < -0.3 is 10.6 Å². The van der Waals surface area contributed by atoms with Crippen molar-refractivity contribution in [3.8, 4) is 0 Å². The topological polar surface area (TPSA) is 75.4 Å². The Labute approximate surface area is 105 Å². The molecule has 2 aliphatic heterocycles. The molecule has 5 nitrogen and oxygen atoms in total. The number of anilines is 1. The van der Waals surface area contributed by atoms with Gasteiger partial charge in [-0.05, 0) is 18.1 Å². The van der Waals surface area contributed by atoms with Gasteiger partial charge in [0, 0.05) is 18.3 Å². The van der Waals surface area contributed by atoms with Crippen molar-refractivity contribution in [2.75, 3.05) is 11.4 Å². The molecule has 1 saturated heterocycles. The van der Waals surface area contributed by atoms with Gasteiger partial charge in [-0.25, -0.2) is 0 Å². The molecular formula is C13H15N3O2. The van der Waals surface area contributed by atoms with Gasteiger partial charge in [0.15, 0.2) is 0 Å². The highest BCUT2D eigenvalue weighted by Crippen LogP contribution is 2.29. The van der Waals surface area contributed by atoms with Gasteiger partial charge in [0.1, 0.15) is 6.04 Å². The van der Waals surface area contributed by atoms with E-state index in [9.17, 15) is 9.59 Å². The molecule has 0 aliphatic carbocycles. The second-order valence-electron chi connectivity index (χ2n) is 4.88. The minimum absolute atomic E-state index is 0.00315. The van der Waals surface area contributed by atoms with Crippen LogP contribution in [0.2, 0.25) is 0 Å². The van der Waals surface area contributed by atoms with Crippen LogP contribution in [-0.2, 0) is 16.0 Å². The third-order valence-corrected chi connectivity index (χ3v) is 3.53. The maximum Gasteiger partial charge on any atom is 0.249 e. The normalized spacial score (nSPS) is 27.1. The summed E-state index contributed by atoms with van der Waals surface area (Å²) in [7, 11) is 0. The van der Waals surface area contributed by atoms with Gasteiger partial charge in [-0.3, -0.25) is 14.9 Å². The Morgan fingerprint density at radius 2 is 2.00 bits per heavy atom. The number of hydrogen-bond donors (Lipinski definition) is 2. The lowest BCUT2D eigenvalue weighted by Crippen LogP contribution is -2.50. The lowest BCUT2D eigenvalue weighted by atomic mass is 9.96. The number of hydrogen-bond acceptors (Lipinski definition) is 4. The summed E-state index contributed by atoms with van der Waals surface area (Å²) in [6.45, 7) is 0.613. The molecule has 18 heavy (non-hydrogen) atoms. The molecule has 2 atom stereocenters. The third-order valence-electron chi connectivity index (χ3n) is 3.53. The van der Waals surface area contributed by atoms with E-state index in [-0.39, 0.29) is 24.3 Å². The van der Waals surface area contributed by atoms with Crippen LogP contribution >= 0.6 is 0 Å². The Kier molecular flexibility index (Phi) is 2.56. The summed E-state index contributed by atoms with van der Waals surface area (Å²) in [5.41, 5.74) is 8.19. The molecule has 2 heterocycles. The number of amides is 2. The van der Waals surface area contributed by atoms with Crippen LogP contribution in [0.1, 0.15) is 12.0 Å². The fraction of sp³-hybridized carbons (Fsp3) is 0.385. The molecule has 0 bridgehead atoms. The zero-order chi connectivity index (χ0) is 12.7.